The van der Waals surface area contributed by atoms with Gasteiger partial charge in [-0.1, -0.05) is 29.8 Å². The van der Waals surface area contributed by atoms with Gasteiger partial charge in [-0.25, -0.2) is 4.98 Å². The fraction of sp³-hybridized carbons (Fsp3) is 0.0625. The van der Waals surface area contributed by atoms with Crippen molar-refractivity contribution >= 4 is 23.3 Å². The van der Waals surface area contributed by atoms with Crippen LogP contribution in [0, 0.1) is 0 Å². The molecule has 0 aliphatic rings. The first-order chi connectivity index (χ1) is 11.1. The van der Waals surface area contributed by atoms with Crippen LogP contribution in [0.15, 0.2) is 54.7 Å². The third-order valence-electron chi connectivity index (χ3n) is 2.95. The van der Waals surface area contributed by atoms with Gasteiger partial charge in [0.15, 0.2) is 5.82 Å². The monoisotopic (exact) mass is 328 g/mol. The molecule has 3 rings (SSSR count). The molecule has 2 aromatic heterocycles. The number of nitrogens with zero attached hydrogens (tertiary/aromatic N) is 3. The summed E-state index contributed by atoms with van der Waals surface area (Å²) in [6.45, 7) is 0. The first-order valence-electron chi connectivity index (χ1n) is 6.81. The number of carbonyl (C=O) groups is 1. The molecule has 7 heteroatoms. The Morgan fingerprint density at radius 2 is 2.00 bits per heavy atom. The Morgan fingerprint density at radius 1 is 1.22 bits per heavy atom. The molecule has 0 unspecified atom stereocenters. The van der Waals surface area contributed by atoms with E-state index in [0.717, 1.165) is 0 Å². The van der Waals surface area contributed by atoms with E-state index in [9.17, 15) is 4.79 Å². The van der Waals surface area contributed by atoms with Crippen molar-refractivity contribution in [2.75, 3.05) is 5.32 Å². The van der Waals surface area contributed by atoms with Crippen molar-refractivity contribution in [2.45, 2.75) is 0 Å². The number of benzene rings is 1. The summed E-state index contributed by atoms with van der Waals surface area (Å²) < 4.78 is 7.21. The molecule has 1 amide bonds. The van der Waals surface area contributed by atoms with E-state index in [2.05, 4.69) is 15.4 Å². The number of hydrogen-bond donors (Lipinski definition) is 1. The van der Waals surface area contributed by atoms with Crippen LogP contribution in [0.1, 0.15) is 10.4 Å². The molecule has 0 spiro atoms. The summed E-state index contributed by atoms with van der Waals surface area (Å²) in [5.41, 5.74) is 0.335. The Bertz CT molecular complexity index is 833. The maximum absolute atomic E-state index is 12.3. The van der Waals surface area contributed by atoms with Gasteiger partial charge in [0.05, 0.1) is 0 Å². The molecule has 0 radical (unpaired) electrons. The van der Waals surface area contributed by atoms with Gasteiger partial charge in [0.1, 0.15) is 10.9 Å². The van der Waals surface area contributed by atoms with Crippen LogP contribution >= 0.6 is 11.6 Å². The Balaban J connectivity index is 1.80. The fourth-order valence-corrected chi connectivity index (χ4v) is 2.14. The molecule has 3 aromatic rings. The zero-order valence-electron chi connectivity index (χ0n) is 12.2. The van der Waals surface area contributed by atoms with Gasteiger partial charge in [0.25, 0.3) is 5.91 Å². The van der Waals surface area contributed by atoms with Crippen LogP contribution in [0.2, 0.25) is 5.15 Å². The highest BCUT2D eigenvalue weighted by Gasteiger charge is 2.12. The summed E-state index contributed by atoms with van der Waals surface area (Å²) >= 11 is 5.98. The van der Waals surface area contributed by atoms with Gasteiger partial charge in [0.2, 0.25) is 5.88 Å². The van der Waals surface area contributed by atoms with Gasteiger partial charge in [-0.05, 0) is 18.2 Å². The standard InChI is InChI=1S/C16H13ClN4O2/c1-21-8-7-14(20-21)19-16(22)11-9-13(17)18-15(10-11)23-12-5-3-2-4-6-12/h2-10H,1H3,(H,19,20,22). The zero-order chi connectivity index (χ0) is 16.2. The van der Waals surface area contributed by atoms with E-state index in [4.69, 9.17) is 16.3 Å². The normalized spacial score (nSPS) is 10.3. The molecule has 1 aromatic carbocycles. The largest absolute Gasteiger partial charge is 0.439 e. The topological polar surface area (TPSA) is 69.0 Å². The maximum atomic E-state index is 12.3. The second-order valence-corrected chi connectivity index (χ2v) is 5.15. The Morgan fingerprint density at radius 3 is 2.70 bits per heavy atom. The summed E-state index contributed by atoms with van der Waals surface area (Å²) in [6, 6.07) is 13.8. The number of hydrogen-bond acceptors (Lipinski definition) is 4. The minimum absolute atomic E-state index is 0.171. The summed E-state index contributed by atoms with van der Waals surface area (Å²) in [4.78, 5) is 16.3. The van der Waals surface area contributed by atoms with Gasteiger partial charge in [0, 0.05) is 30.9 Å². The number of aromatic nitrogens is 3. The number of rotatable bonds is 4. The van der Waals surface area contributed by atoms with Crippen molar-refractivity contribution in [1.82, 2.24) is 14.8 Å². The van der Waals surface area contributed by atoms with E-state index in [-0.39, 0.29) is 16.9 Å². The molecule has 6 nitrogen and oxygen atoms in total. The number of halogens is 1. The lowest BCUT2D eigenvalue weighted by Gasteiger charge is -2.07. The lowest BCUT2D eigenvalue weighted by atomic mass is 10.2. The number of nitrogens with one attached hydrogen (secondary N) is 1. The van der Waals surface area contributed by atoms with Gasteiger partial charge in [-0.2, -0.15) is 5.10 Å². The molecule has 23 heavy (non-hydrogen) atoms. The molecule has 2 heterocycles. The number of aryl methyl sites for hydroxylation is 1. The van der Waals surface area contributed by atoms with Crippen LogP contribution in [0.4, 0.5) is 5.82 Å². The Hall–Kier alpha value is -2.86. The minimum atomic E-state index is -0.342. The Labute approximate surface area is 137 Å². The van der Waals surface area contributed by atoms with E-state index >= 15 is 0 Å². The van der Waals surface area contributed by atoms with Crippen molar-refractivity contribution in [3.8, 4) is 11.6 Å². The second-order valence-electron chi connectivity index (χ2n) is 4.76. The van der Waals surface area contributed by atoms with Crippen LogP contribution in [0.5, 0.6) is 11.6 Å². The number of para-hydroxylation sites is 1. The number of carbonyl (C=O) groups excluding carboxylic acids is 1. The smallest absolute Gasteiger partial charge is 0.257 e. The summed E-state index contributed by atoms with van der Waals surface area (Å²) in [7, 11) is 1.77. The predicted octanol–water partition coefficient (Wildman–Crippen LogP) is 3.51. The maximum Gasteiger partial charge on any atom is 0.257 e. The van der Waals surface area contributed by atoms with E-state index < -0.39 is 0 Å². The second kappa shape index (κ2) is 6.50. The average molecular weight is 329 g/mol. The summed E-state index contributed by atoms with van der Waals surface area (Å²) in [5.74, 6) is 0.968. The van der Waals surface area contributed by atoms with Crippen LogP contribution in [-0.4, -0.2) is 20.7 Å². The molecule has 0 aliphatic heterocycles. The highest BCUT2D eigenvalue weighted by molar-refractivity contribution is 6.30. The number of ether oxygens (including phenoxy) is 1. The molecule has 0 aliphatic carbocycles. The van der Waals surface area contributed by atoms with Gasteiger partial charge >= 0.3 is 0 Å². The lowest BCUT2D eigenvalue weighted by Crippen LogP contribution is -2.13. The highest BCUT2D eigenvalue weighted by Crippen LogP contribution is 2.23. The van der Waals surface area contributed by atoms with Crippen molar-refractivity contribution < 1.29 is 9.53 Å². The van der Waals surface area contributed by atoms with Crippen LogP contribution in [0.3, 0.4) is 0 Å². The van der Waals surface area contributed by atoms with Crippen LogP contribution in [0.25, 0.3) is 0 Å². The third kappa shape index (κ3) is 3.87. The van der Waals surface area contributed by atoms with Gasteiger partial charge in [-0.15, -0.1) is 0 Å². The SMILES string of the molecule is Cn1ccc(NC(=O)c2cc(Cl)nc(Oc3ccccc3)c2)n1. The van der Waals surface area contributed by atoms with E-state index in [1.165, 1.54) is 12.1 Å². The summed E-state index contributed by atoms with van der Waals surface area (Å²) in [5, 5.41) is 6.95. The molecule has 116 valence electrons. The predicted molar refractivity (Wildman–Crippen MR) is 86.9 cm³/mol. The molecule has 0 saturated heterocycles. The van der Waals surface area contributed by atoms with Crippen LogP contribution in [-0.2, 0) is 7.05 Å². The van der Waals surface area contributed by atoms with Crippen molar-refractivity contribution in [2.24, 2.45) is 7.05 Å². The van der Waals surface area contributed by atoms with Gasteiger partial charge < -0.3 is 10.1 Å². The first-order valence-corrected chi connectivity index (χ1v) is 7.19. The third-order valence-corrected chi connectivity index (χ3v) is 3.15. The molecular weight excluding hydrogens is 316 g/mol. The fourth-order valence-electron chi connectivity index (χ4n) is 1.94. The van der Waals surface area contributed by atoms with E-state index in [1.807, 2.05) is 18.2 Å². The lowest BCUT2D eigenvalue weighted by molar-refractivity contribution is 0.102. The van der Waals surface area contributed by atoms with Crippen molar-refractivity contribution in [1.29, 1.82) is 0 Å². The minimum Gasteiger partial charge on any atom is -0.439 e. The molecule has 0 bridgehead atoms. The molecular formula is C16H13ClN4O2. The number of pyridine rings is 1. The molecule has 0 saturated carbocycles. The van der Waals surface area contributed by atoms with Crippen molar-refractivity contribution in [3.63, 3.8) is 0 Å². The highest BCUT2D eigenvalue weighted by atomic mass is 35.5. The zero-order valence-corrected chi connectivity index (χ0v) is 13.0. The van der Waals surface area contributed by atoms with Gasteiger partial charge in [-0.3, -0.25) is 9.48 Å². The molecule has 1 N–H and O–H groups in total. The van der Waals surface area contributed by atoms with E-state index in [0.29, 0.717) is 17.1 Å². The Kier molecular flexibility index (Phi) is 4.25. The average Bonchev–Trinajstić information content (AvgIpc) is 2.93. The van der Waals surface area contributed by atoms with Crippen molar-refractivity contribution in [3.05, 3.63) is 65.4 Å². The first kappa shape index (κ1) is 15.1. The molecule has 0 fully saturated rings. The summed E-state index contributed by atoms with van der Waals surface area (Å²) in [6.07, 6.45) is 1.74. The van der Waals surface area contributed by atoms with E-state index in [1.54, 1.807) is 36.1 Å². The molecule has 0 atom stereocenters. The number of anilines is 1. The number of amides is 1. The quantitative estimate of drug-likeness (QED) is 0.744. The van der Waals surface area contributed by atoms with Crippen LogP contribution < -0.4 is 10.1 Å².